The van der Waals surface area contributed by atoms with Gasteiger partial charge in [0.15, 0.2) is 5.84 Å². The van der Waals surface area contributed by atoms with Crippen LogP contribution in [0.3, 0.4) is 0 Å². The van der Waals surface area contributed by atoms with Crippen molar-refractivity contribution in [1.82, 2.24) is 0 Å². The molecule has 0 radical (unpaired) electrons. The zero-order valence-corrected chi connectivity index (χ0v) is 13.6. The summed E-state index contributed by atoms with van der Waals surface area (Å²) in [5, 5.41) is 3.60. The molecule has 2 N–H and O–H groups in total. The van der Waals surface area contributed by atoms with Gasteiger partial charge >= 0.3 is 5.97 Å². The standard InChI is InChI=1S/C19H15FN2O4/c20-14-6-8-15(9-7-14)24-12-16-10-11-17(25-16)19(23)26-22-18(21)13-4-2-1-3-5-13/h1-11H,12H2,(H2,21,22). The summed E-state index contributed by atoms with van der Waals surface area (Å²) in [7, 11) is 0. The minimum absolute atomic E-state index is 0.0349. The molecule has 0 aliphatic carbocycles. The van der Waals surface area contributed by atoms with E-state index in [0.29, 0.717) is 17.1 Å². The van der Waals surface area contributed by atoms with E-state index in [1.54, 1.807) is 30.3 Å². The lowest BCUT2D eigenvalue weighted by Crippen LogP contribution is -2.14. The van der Waals surface area contributed by atoms with Crippen molar-refractivity contribution in [3.05, 3.63) is 89.6 Å². The number of oxime groups is 1. The molecule has 3 rings (SSSR count). The Morgan fingerprint density at radius 1 is 1.04 bits per heavy atom. The normalized spacial score (nSPS) is 11.2. The molecule has 0 amide bonds. The van der Waals surface area contributed by atoms with E-state index in [0.717, 1.165) is 0 Å². The Balaban J connectivity index is 1.56. The van der Waals surface area contributed by atoms with Crippen LogP contribution >= 0.6 is 0 Å². The third-order valence-electron chi connectivity index (χ3n) is 3.35. The number of halogens is 1. The molecular weight excluding hydrogens is 339 g/mol. The van der Waals surface area contributed by atoms with Crippen LogP contribution in [-0.2, 0) is 11.4 Å². The average molecular weight is 354 g/mol. The molecule has 2 aromatic carbocycles. The Morgan fingerprint density at radius 2 is 1.77 bits per heavy atom. The molecule has 3 aromatic rings. The number of nitrogens with zero attached hydrogens (tertiary/aromatic N) is 1. The average Bonchev–Trinajstić information content (AvgIpc) is 3.15. The second-order valence-corrected chi connectivity index (χ2v) is 5.23. The quantitative estimate of drug-likeness (QED) is 0.317. The molecule has 0 saturated heterocycles. The van der Waals surface area contributed by atoms with Gasteiger partial charge in [0.25, 0.3) is 0 Å². The number of carbonyl (C=O) groups excluding carboxylic acids is 1. The number of furan rings is 1. The Kier molecular flexibility index (Phi) is 5.28. The van der Waals surface area contributed by atoms with Crippen LogP contribution in [0, 0.1) is 5.82 Å². The molecule has 26 heavy (non-hydrogen) atoms. The molecular formula is C19H15FN2O4. The highest BCUT2D eigenvalue weighted by atomic mass is 19.1. The van der Waals surface area contributed by atoms with Gasteiger partial charge in [0, 0.05) is 5.56 Å². The number of rotatable bonds is 6. The van der Waals surface area contributed by atoms with E-state index in [1.807, 2.05) is 6.07 Å². The molecule has 0 bridgehead atoms. The minimum Gasteiger partial charge on any atom is -0.486 e. The van der Waals surface area contributed by atoms with Gasteiger partial charge < -0.3 is 19.7 Å². The van der Waals surface area contributed by atoms with Crippen molar-refractivity contribution in [2.75, 3.05) is 0 Å². The summed E-state index contributed by atoms with van der Waals surface area (Å²) in [6.45, 7) is 0.0777. The van der Waals surface area contributed by atoms with Gasteiger partial charge in [-0.2, -0.15) is 0 Å². The van der Waals surface area contributed by atoms with Crippen LogP contribution in [0.2, 0.25) is 0 Å². The van der Waals surface area contributed by atoms with Crippen molar-refractivity contribution >= 4 is 11.8 Å². The highest BCUT2D eigenvalue weighted by Crippen LogP contribution is 2.15. The smallest absolute Gasteiger partial charge is 0.400 e. The van der Waals surface area contributed by atoms with Crippen molar-refractivity contribution in [3.63, 3.8) is 0 Å². The van der Waals surface area contributed by atoms with E-state index < -0.39 is 5.97 Å². The Bertz CT molecular complexity index is 905. The highest BCUT2D eigenvalue weighted by Gasteiger charge is 2.14. The largest absolute Gasteiger partial charge is 0.486 e. The van der Waals surface area contributed by atoms with E-state index in [1.165, 1.54) is 30.3 Å². The van der Waals surface area contributed by atoms with Gasteiger partial charge in [-0.15, -0.1) is 0 Å². The molecule has 0 unspecified atom stereocenters. The van der Waals surface area contributed by atoms with E-state index in [4.69, 9.17) is 19.7 Å². The predicted molar refractivity (Wildman–Crippen MR) is 92.0 cm³/mol. The molecule has 0 atom stereocenters. The second-order valence-electron chi connectivity index (χ2n) is 5.23. The number of ether oxygens (including phenoxy) is 1. The fourth-order valence-electron chi connectivity index (χ4n) is 2.05. The van der Waals surface area contributed by atoms with Crippen molar-refractivity contribution in [2.45, 2.75) is 6.61 Å². The maximum absolute atomic E-state index is 12.8. The van der Waals surface area contributed by atoms with Crippen LogP contribution in [0.4, 0.5) is 4.39 Å². The topological polar surface area (TPSA) is 87.1 Å². The number of hydrogen-bond donors (Lipinski definition) is 1. The number of carbonyl (C=O) groups is 1. The van der Waals surface area contributed by atoms with Crippen LogP contribution in [0.15, 0.2) is 76.3 Å². The van der Waals surface area contributed by atoms with Gasteiger partial charge in [-0.1, -0.05) is 35.5 Å². The molecule has 7 heteroatoms. The fourth-order valence-corrected chi connectivity index (χ4v) is 2.05. The number of hydrogen-bond acceptors (Lipinski definition) is 5. The monoisotopic (exact) mass is 354 g/mol. The minimum atomic E-state index is -0.781. The maximum atomic E-state index is 12.8. The van der Waals surface area contributed by atoms with Crippen molar-refractivity contribution < 1.29 is 23.2 Å². The lowest BCUT2D eigenvalue weighted by molar-refractivity contribution is 0.0475. The zero-order chi connectivity index (χ0) is 18.4. The Labute approximate surface area is 148 Å². The molecule has 0 saturated carbocycles. The van der Waals surface area contributed by atoms with Gasteiger partial charge in [-0.25, -0.2) is 9.18 Å². The van der Waals surface area contributed by atoms with Crippen LogP contribution < -0.4 is 10.5 Å². The van der Waals surface area contributed by atoms with E-state index >= 15 is 0 Å². The first-order chi connectivity index (χ1) is 12.6. The first-order valence-corrected chi connectivity index (χ1v) is 7.69. The third kappa shape index (κ3) is 4.47. The summed E-state index contributed by atoms with van der Waals surface area (Å²) in [6.07, 6.45) is 0. The summed E-state index contributed by atoms with van der Waals surface area (Å²) < 4.78 is 23.6. The van der Waals surface area contributed by atoms with Crippen LogP contribution in [0.25, 0.3) is 0 Å². The maximum Gasteiger partial charge on any atom is 0.400 e. The van der Waals surface area contributed by atoms with Gasteiger partial charge in [-0.3, -0.25) is 0 Å². The van der Waals surface area contributed by atoms with Crippen molar-refractivity contribution in [1.29, 1.82) is 0 Å². The number of benzene rings is 2. The van der Waals surface area contributed by atoms with E-state index in [9.17, 15) is 9.18 Å². The lowest BCUT2D eigenvalue weighted by Gasteiger charge is -2.03. The summed E-state index contributed by atoms with van der Waals surface area (Å²) >= 11 is 0. The third-order valence-corrected chi connectivity index (χ3v) is 3.35. The summed E-state index contributed by atoms with van der Waals surface area (Å²) in [6, 6.07) is 17.5. The first-order valence-electron chi connectivity index (χ1n) is 7.69. The zero-order valence-electron chi connectivity index (χ0n) is 13.6. The molecule has 0 aliphatic rings. The predicted octanol–water partition coefficient (Wildman–Crippen LogP) is 3.48. The Hall–Kier alpha value is -3.61. The van der Waals surface area contributed by atoms with Crippen molar-refractivity contribution in [2.24, 2.45) is 10.9 Å². The van der Waals surface area contributed by atoms with Gasteiger partial charge in [0.2, 0.25) is 5.76 Å². The molecule has 1 aromatic heterocycles. The number of amidine groups is 1. The van der Waals surface area contributed by atoms with Crippen LogP contribution in [0.5, 0.6) is 5.75 Å². The van der Waals surface area contributed by atoms with Gasteiger partial charge in [-0.05, 0) is 36.4 Å². The summed E-state index contributed by atoms with van der Waals surface area (Å²) in [5.41, 5.74) is 6.38. The molecule has 6 nitrogen and oxygen atoms in total. The van der Waals surface area contributed by atoms with Gasteiger partial charge in [0.1, 0.15) is 23.9 Å². The van der Waals surface area contributed by atoms with Crippen molar-refractivity contribution in [3.8, 4) is 5.75 Å². The lowest BCUT2D eigenvalue weighted by atomic mass is 10.2. The second kappa shape index (κ2) is 7.98. The number of nitrogens with two attached hydrogens (primary N) is 1. The molecule has 0 spiro atoms. The van der Waals surface area contributed by atoms with E-state index in [2.05, 4.69) is 5.16 Å². The van der Waals surface area contributed by atoms with Crippen LogP contribution in [-0.4, -0.2) is 11.8 Å². The molecule has 1 heterocycles. The SMILES string of the molecule is N/C(=N\OC(=O)c1ccc(COc2ccc(F)cc2)o1)c1ccccc1. The molecule has 132 valence electrons. The summed E-state index contributed by atoms with van der Waals surface area (Å²) in [4.78, 5) is 16.7. The first kappa shape index (κ1) is 17.2. The van der Waals surface area contributed by atoms with Gasteiger partial charge in [0.05, 0.1) is 0 Å². The molecule has 0 aliphatic heterocycles. The molecule has 0 fully saturated rings. The highest BCUT2D eigenvalue weighted by molar-refractivity contribution is 5.97. The summed E-state index contributed by atoms with van der Waals surface area (Å²) in [5.74, 6) is -0.209. The van der Waals surface area contributed by atoms with Crippen LogP contribution in [0.1, 0.15) is 21.9 Å². The fraction of sp³-hybridized carbons (Fsp3) is 0.0526. The van der Waals surface area contributed by atoms with E-state index in [-0.39, 0.29) is 24.0 Å². The Morgan fingerprint density at radius 3 is 2.50 bits per heavy atom.